The van der Waals surface area contributed by atoms with Crippen molar-refractivity contribution in [3.63, 3.8) is 0 Å². The molecule has 0 aliphatic carbocycles. The number of ether oxygens (including phenoxy) is 2. The summed E-state index contributed by atoms with van der Waals surface area (Å²) in [5.74, 6) is 1.80. The van der Waals surface area contributed by atoms with Gasteiger partial charge in [-0.05, 0) is 24.6 Å². The molecule has 124 valence electrons. The normalized spacial score (nSPS) is 12.5. The molecule has 0 bridgehead atoms. The van der Waals surface area contributed by atoms with Crippen LogP contribution < -0.4 is 9.47 Å². The molecule has 0 radical (unpaired) electrons. The minimum atomic E-state index is -0.586. The van der Waals surface area contributed by atoms with Crippen LogP contribution in [0.2, 0.25) is 0 Å². The number of hydrogen-bond donors (Lipinski definition) is 1. The van der Waals surface area contributed by atoms with Crippen LogP contribution in [-0.4, -0.2) is 40.2 Å². The van der Waals surface area contributed by atoms with Crippen LogP contribution in [0.5, 0.6) is 11.5 Å². The van der Waals surface area contributed by atoms with E-state index in [0.29, 0.717) is 17.3 Å². The number of thioether (sulfide) groups is 1. The lowest BCUT2D eigenvalue weighted by molar-refractivity contribution is 0.124. The lowest BCUT2D eigenvalue weighted by Crippen LogP contribution is -2.20. The molecule has 2 aromatic rings. The quantitative estimate of drug-likeness (QED) is 0.752. The predicted octanol–water partition coefficient (Wildman–Crippen LogP) is 2.99. The van der Waals surface area contributed by atoms with Gasteiger partial charge >= 0.3 is 0 Å². The van der Waals surface area contributed by atoms with E-state index in [-0.39, 0.29) is 6.61 Å². The fraction of sp³-hybridized carbons (Fsp3) is 0.353. The molecule has 0 fully saturated rings. The molecule has 6 heteroatoms. The Morgan fingerprint density at radius 2 is 2.22 bits per heavy atom. The highest BCUT2D eigenvalue weighted by Gasteiger charge is 2.11. The van der Waals surface area contributed by atoms with Gasteiger partial charge in [-0.1, -0.05) is 30.0 Å². The maximum Gasteiger partial charge on any atom is 0.167 e. The molecule has 0 saturated heterocycles. The Kier molecular flexibility index (Phi) is 6.55. The largest absolute Gasteiger partial charge is 0.493 e. The van der Waals surface area contributed by atoms with Crippen LogP contribution in [0.4, 0.5) is 0 Å². The molecule has 23 heavy (non-hydrogen) atoms. The monoisotopic (exact) mass is 334 g/mol. The SMILES string of the molecule is C/C=C/c1ccc(OCC(O)CSc2nccn2C)c(OC)c1. The van der Waals surface area contributed by atoms with Gasteiger partial charge < -0.3 is 19.1 Å². The molecule has 1 aromatic heterocycles. The maximum absolute atomic E-state index is 10.1. The fourth-order valence-electron chi connectivity index (χ4n) is 2.00. The van der Waals surface area contributed by atoms with Crippen LogP contribution in [0.3, 0.4) is 0 Å². The Balaban J connectivity index is 1.88. The van der Waals surface area contributed by atoms with Crippen molar-refractivity contribution >= 4 is 17.8 Å². The average molecular weight is 334 g/mol. The number of nitrogens with zero attached hydrogens (tertiary/aromatic N) is 2. The van der Waals surface area contributed by atoms with Crippen LogP contribution in [-0.2, 0) is 7.05 Å². The first-order valence-corrected chi connectivity index (χ1v) is 8.34. The van der Waals surface area contributed by atoms with Gasteiger partial charge in [0.25, 0.3) is 0 Å². The van der Waals surface area contributed by atoms with Crippen molar-refractivity contribution in [3.05, 3.63) is 42.2 Å². The number of aliphatic hydroxyl groups excluding tert-OH is 1. The summed E-state index contributed by atoms with van der Waals surface area (Å²) in [5, 5.41) is 10.9. The zero-order chi connectivity index (χ0) is 16.7. The number of allylic oxidation sites excluding steroid dienone is 1. The number of methoxy groups -OCH3 is 1. The van der Waals surface area contributed by atoms with Gasteiger partial charge in [-0.2, -0.15) is 0 Å². The summed E-state index contributed by atoms with van der Waals surface area (Å²) >= 11 is 1.50. The average Bonchev–Trinajstić information content (AvgIpc) is 2.97. The standard InChI is InChI=1S/C17H22N2O3S/c1-4-5-13-6-7-15(16(10-13)21-3)22-11-14(20)12-23-17-18-8-9-19(17)2/h4-10,14,20H,11-12H2,1-3H3/b5-4+. The number of imidazole rings is 1. The highest BCUT2D eigenvalue weighted by atomic mass is 32.2. The third-order valence-corrected chi connectivity index (χ3v) is 4.36. The van der Waals surface area contributed by atoms with E-state index in [4.69, 9.17) is 9.47 Å². The van der Waals surface area contributed by atoms with Crippen molar-refractivity contribution in [1.29, 1.82) is 0 Å². The summed E-state index contributed by atoms with van der Waals surface area (Å²) in [6, 6.07) is 5.71. The Labute approximate surface area is 141 Å². The Morgan fingerprint density at radius 3 is 2.87 bits per heavy atom. The van der Waals surface area contributed by atoms with E-state index in [1.54, 1.807) is 13.3 Å². The zero-order valence-electron chi connectivity index (χ0n) is 13.6. The number of aryl methyl sites for hydroxylation is 1. The second-order valence-electron chi connectivity index (χ2n) is 5.01. The second kappa shape index (κ2) is 8.64. The van der Waals surface area contributed by atoms with Gasteiger partial charge in [0.2, 0.25) is 0 Å². The lowest BCUT2D eigenvalue weighted by atomic mass is 10.2. The number of aromatic nitrogens is 2. The predicted molar refractivity (Wildman–Crippen MR) is 93.1 cm³/mol. The van der Waals surface area contributed by atoms with Crippen LogP contribution >= 0.6 is 11.8 Å². The van der Waals surface area contributed by atoms with Crippen molar-refractivity contribution in [3.8, 4) is 11.5 Å². The van der Waals surface area contributed by atoms with E-state index in [9.17, 15) is 5.11 Å². The van der Waals surface area contributed by atoms with Gasteiger partial charge in [0, 0.05) is 25.2 Å². The smallest absolute Gasteiger partial charge is 0.167 e. The molecule has 0 saturated carbocycles. The number of hydrogen-bond acceptors (Lipinski definition) is 5. The Morgan fingerprint density at radius 1 is 1.39 bits per heavy atom. The second-order valence-corrected chi connectivity index (χ2v) is 5.99. The lowest BCUT2D eigenvalue weighted by Gasteiger charge is -2.14. The first kappa shape index (κ1) is 17.4. The van der Waals surface area contributed by atoms with E-state index in [1.165, 1.54) is 11.8 Å². The van der Waals surface area contributed by atoms with Crippen LogP contribution in [0.25, 0.3) is 6.08 Å². The number of aliphatic hydroxyl groups is 1. The van der Waals surface area contributed by atoms with Gasteiger partial charge in [-0.3, -0.25) is 0 Å². The van der Waals surface area contributed by atoms with Crippen molar-refractivity contribution in [2.24, 2.45) is 7.05 Å². The molecule has 1 aromatic carbocycles. The van der Waals surface area contributed by atoms with Gasteiger partial charge in [0.05, 0.1) is 13.2 Å². The number of benzene rings is 1. The molecule has 1 atom stereocenters. The molecule has 2 rings (SSSR count). The minimum absolute atomic E-state index is 0.205. The van der Waals surface area contributed by atoms with Gasteiger partial charge in [0.15, 0.2) is 16.7 Å². The van der Waals surface area contributed by atoms with E-state index in [2.05, 4.69) is 4.98 Å². The van der Waals surface area contributed by atoms with Crippen molar-refractivity contribution < 1.29 is 14.6 Å². The van der Waals surface area contributed by atoms with E-state index < -0.39 is 6.10 Å². The van der Waals surface area contributed by atoms with Gasteiger partial charge in [0.1, 0.15) is 6.61 Å². The Bertz CT molecular complexity index is 655. The molecule has 1 unspecified atom stereocenters. The van der Waals surface area contributed by atoms with Crippen LogP contribution in [0, 0.1) is 0 Å². The molecule has 0 aliphatic rings. The molecule has 5 nitrogen and oxygen atoms in total. The molecule has 0 spiro atoms. The third-order valence-electron chi connectivity index (χ3n) is 3.16. The Hall–Kier alpha value is -1.92. The third kappa shape index (κ3) is 5.04. The summed E-state index contributed by atoms with van der Waals surface area (Å²) < 4.78 is 12.9. The first-order chi connectivity index (χ1) is 11.1. The molecule has 0 aliphatic heterocycles. The summed E-state index contributed by atoms with van der Waals surface area (Å²) in [4.78, 5) is 4.21. The van der Waals surface area contributed by atoms with Crippen LogP contribution in [0.1, 0.15) is 12.5 Å². The highest BCUT2D eigenvalue weighted by molar-refractivity contribution is 7.99. The first-order valence-electron chi connectivity index (χ1n) is 7.35. The van der Waals surface area contributed by atoms with Crippen molar-refractivity contribution in [2.45, 2.75) is 18.2 Å². The molecular weight excluding hydrogens is 312 g/mol. The number of rotatable bonds is 8. The molecule has 1 heterocycles. The molecule has 0 amide bonds. The molecule has 1 N–H and O–H groups in total. The summed E-state index contributed by atoms with van der Waals surface area (Å²) in [6.45, 7) is 2.17. The zero-order valence-corrected chi connectivity index (χ0v) is 14.4. The summed E-state index contributed by atoms with van der Waals surface area (Å²) in [5.41, 5.74) is 1.04. The van der Waals surface area contributed by atoms with Crippen LogP contribution in [0.15, 0.2) is 41.8 Å². The van der Waals surface area contributed by atoms with E-state index in [1.807, 2.05) is 55.1 Å². The van der Waals surface area contributed by atoms with Crippen molar-refractivity contribution in [2.75, 3.05) is 19.5 Å². The highest BCUT2D eigenvalue weighted by Crippen LogP contribution is 2.29. The van der Waals surface area contributed by atoms with E-state index >= 15 is 0 Å². The fourth-order valence-corrected chi connectivity index (χ4v) is 2.83. The maximum atomic E-state index is 10.1. The topological polar surface area (TPSA) is 56.5 Å². The van der Waals surface area contributed by atoms with Gasteiger partial charge in [-0.15, -0.1) is 0 Å². The van der Waals surface area contributed by atoms with E-state index in [0.717, 1.165) is 10.7 Å². The minimum Gasteiger partial charge on any atom is -0.493 e. The summed E-state index contributed by atoms with van der Waals surface area (Å²) in [7, 11) is 3.53. The summed E-state index contributed by atoms with van der Waals surface area (Å²) in [6.07, 6.45) is 6.99. The van der Waals surface area contributed by atoms with Crippen molar-refractivity contribution in [1.82, 2.24) is 9.55 Å². The van der Waals surface area contributed by atoms with Gasteiger partial charge in [-0.25, -0.2) is 4.98 Å². The molecular formula is C17H22N2O3S.